The van der Waals surface area contributed by atoms with Crippen molar-refractivity contribution in [2.75, 3.05) is 0 Å². The van der Waals surface area contributed by atoms with Gasteiger partial charge in [0.2, 0.25) is 0 Å². The van der Waals surface area contributed by atoms with E-state index in [1.54, 1.807) is 30.3 Å². The van der Waals surface area contributed by atoms with Crippen LogP contribution >= 0.6 is 34.8 Å². The predicted octanol–water partition coefficient (Wildman–Crippen LogP) is 5.95. The van der Waals surface area contributed by atoms with Gasteiger partial charge in [-0.25, -0.2) is 0 Å². The lowest BCUT2D eigenvalue weighted by atomic mass is 10.1. The second-order valence-corrected chi connectivity index (χ2v) is 5.97. The highest BCUT2D eigenvalue weighted by Crippen LogP contribution is 2.26. The largest absolute Gasteiger partial charge is 0.295 e. The van der Waals surface area contributed by atoms with E-state index < -0.39 is 0 Å². The molecule has 1 unspecified atom stereocenters. The van der Waals surface area contributed by atoms with E-state index in [0.717, 1.165) is 11.1 Å². The van der Waals surface area contributed by atoms with Gasteiger partial charge in [0.25, 0.3) is 0 Å². The molecule has 0 N–H and O–H groups in total. The van der Waals surface area contributed by atoms with Gasteiger partial charge < -0.3 is 0 Å². The molecule has 0 aliphatic rings. The fourth-order valence-electron chi connectivity index (χ4n) is 1.80. The smallest absolute Gasteiger partial charge is 0.157 e. The lowest BCUT2D eigenvalue weighted by Gasteiger charge is -2.07. The Hall–Kier alpha value is -1.28. The minimum Gasteiger partial charge on any atom is -0.295 e. The van der Waals surface area contributed by atoms with Gasteiger partial charge in [-0.2, -0.15) is 0 Å². The van der Waals surface area contributed by atoms with Crippen LogP contribution < -0.4 is 0 Å². The third-order valence-corrected chi connectivity index (χ3v) is 3.85. The Morgan fingerprint density at radius 2 is 1.48 bits per heavy atom. The molecule has 1 nitrogen and oxygen atoms in total. The Bertz CT molecular complexity index is 630. The van der Waals surface area contributed by atoms with Crippen LogP contribution in [0.15, 0.2) is 54.6 Å². The zero-order valence-electron chi connectivity index (χ0n) is 11.1. The fourth-order valence-corrected chi connectivity index (χ4v) is 2.35. The van der Waals surface area contributed by atoms with Crippen molar-refractivity contribution in [3.8, 4) is 0 Å². The van der Waals surface area contributed by atoms with Crippen LogP contribution in [-0.2, 0) is 4.79 Å². The lowest BCUT2D eigenvalue weighted by molar-refractivity contribution is -0.114. The highest BCUT2D eigenvalue weighted by atomic mass is 35.5. The van der Waals surface area contributed by atoms with Crippen LogP contribution in [0.3, 0.4) is 0 Å². The summed E-state index contributed by atoms with van der Waals surface area (Å²) in [5.74, 6) is -0.0279. The Labute approximate surface area is 139 Å². The summed E-state index contributed by atoms with van der Waals surface area (Å²) < 4.78 is 0. The van der Waals surface area contributed by atoms with E-state index in [0.29, 0.717) is 10.0 Å². The molecule has 2 aromatic rings. The van der Waals surface area contributed by atoms with Crippen LogP contribution in [0, 0.1) is 0 Å². The number of halogens is 3. The maximum absolute atomic E-state index is 11.9. The van der Waals surface area contributed by atoms with E-state index in [1.165, 1.54) is 6.08 Å². The quantitative estimate of drug-likeness (QED) is 0.486. The molecule has 4 heteroatoms. The summed E-state index contributed by atoms with van der Waals surface area (Å²) in [6.45, 7) is 0. The van der Waals surface area contributed by atoms with Crippen molar-refractivity contribution >= 4 is 46.7 Å². The molecule has 2 rings (SSSR count). The maximum atomic E-state index is 11.9. The number of hydrogen-bond acceptors (Lipinski definition) is 1. The maximum Gasteiger partial charge on any atom is 0.157 e. The number of ketones is 1. The van der Waals surface area contributed by atoms with E-state index in [9.17, 15) is 4.79 Å². The molecule has 0 saturated carbocycles. The number of carbonyl (C=O) groups excluding carboxylic acids is 1. The Morgan fingerprint density at radius 1 is 0.952 bits per heavy atom. The van der Waals surface area contributed by atoms with Gasteiger partial charge in [-0.15, -0.1) is 11.6 Å². The summed E-state index contributed by atoms with van der Waals surface area (Å²) in [5, 5.41) is 0.961. The van der Waals surface area contributed by atoms with E-state index in [1.807, 2.05) is 24.3 Å². The minimum atomic E-state index is -0.357. The van der Waals surface area contributed by atoms with Gasteiger partial charge in [0, 0.05) is 16.5 Å². The molecule has 2 aromatic carbocycles. The molecule has 0 aliphatic carbocycles. The third-order valence-electron chi connectivity index (χ3n) is 2.94. The van der Waals surface area contributed by atoms with Crippen LogP contribution in [0.2, 0.25) is 10.0 Å². The number of benzene rings is 2. The third kappa shape index (κ3) is 5.20. The average molecular weight is 340 g/mol. The zero-order valence-corrected chi connectivity index (χ0v) is 13.4. The van der Waals surface area contributed by atoms with Crippen LogP contribution in [0.4, 0.5) is 0 Å². The standard InChI is InChI=1S/C17H13Cl3O/c18-14-6-1-12(2-7-14)3-10-16(21)11-17(20)13-4-8-15(19)9-5-13/h1-10,17H,11H2/b10-3+. The number of hydrogen-bond donors (Lipinski definition) is 0. The zero-order chi connectivity index (χ0) is 15.2. The summed E-state index contributed by atoms with van der Waals surface area (Å²) in [7, 11) is 0. The Kier molecular flexibility index (Phi) is 5.86. The van der Waals surface area contributed by atoms with Gasteiger partial charge in [-0.3, -0.25) is 4.79 Å². The average Bonchev–Trinajstić information content (AvgIpc) is 2.47. The second-order valence-electron chi connectivity index (χ2n) is 4.57. The number of alkyl halides is 1. The molecule has 0 saturated heterocycles. The van der Waals surface area contributed by atoms with E-state index in [2.05, 4.69) is 0 Å². The summed E-state index contributed by atoms with van der Waals surface area (Å²) in [6.07, 6.45) is 3.53. The summed E-state index contributed by atoms with van der Waals surface area (Å²) in [5.41, 5.74) is 1.81. The first-order chi connectivity index (χ1) is 10.0. The molecule has 108 valence electrons. The molecule has 0 radical (unpaired) electrons. The van der Waals surface area contributed by atoms with Gasteiger partial charge in [-0.05, 0) is 41.5 Å². The molecule has 0 spiro atoms. The molecule has 0 aliphatic heterocycles. The molecular weight excluding hydrogens is 327 g/mol. The SMILES string of the molecule is O=C(/C=C/c1ccc(Cl)cc1)CC(Cl)c1ccc(Cl)cc1. The van der Waals surface area contributed by atoms with Gasteiger partial charge >= 0.3 is 0 Å². The first kappa shape index (κ1) is 16.1. The Morgan fingerprint density at radius 3 is 2.05 bits per heavy atom. The van der Waals surface area contributed by atoms with Crippen molar-refractivity contribution in [1.82, 2.24) is 0 Å². The van der Waals surface area contributed by atoms with E-state index >= 15 is 0 Å². The lowest BCUT2D eigenvalue weighted by Crippen LogP contribution is -1.99. The number of allylic oxidation sites excluding steroid dienone is 1. The summed E-state index contributed by atoms with van der Waals surface area (Å²) >= 11 is 17.9. The van der Waals surface area contributed by atoms with Crippen molar-refractivity contribution in [2.24, 2.45) is 0 Å². The highest BCUT2D eigenvalue weighted by Gasteiger charge is 2.11. The molecule has 0 aromatic heterocycles. The minimum absolute atomic E-state index is 0.0279. The summed E-state index contributed by atoms with van der Waals surface area (Å²) in [4.78, 5) is 11.9. The molecule has 0 amide bonds. The number of carbonyl (C=O) groups is 1. The fraction of sp³-hybridized carbons (Fsp3) is 0.118. The molecule has 1 atom stereocenters. The normalized spacial score (nSPS) is 12.5. The van der Waals surface area contributed by atoms with Crippen LogP contribution in [0.5, 0.6) is 0 Å². The Balaban J connectivity index is 1.94. The predicted molar refractivity (Wildman–Crippen MR) is 90.2 cm³/mol. The first-order valence-electron chi connectivity index (χ1n) is 6.40. The van der Waals surface area contributed by atoms with Crippen molar-refractivity contribution < 1.29 is 4.79 Å². The van der Waals surface area contributed by atoms with Gasteiger partial charge in [0.15, 0.2) is 5.78 Å². The second kappa shape index (κ2) is 7.65. The summed E-state index contributed by atoms with van der Waals surface area (Å²) in [6, 6.07) is 14.5. The van der Waals surface area contributed by atoms with Crippen LogP contribution in [0.25, 0.3) is 6.08 Å². The van der Waals surface area contributed by atoms with Crippen molar-refractivity contribution in [1.29, 1.82) is 0 Å². The molecule has 21 heavy (non-hydrogen) atoms. The van der Waals surface area contributed by atoms with Crippen molar-refractivity contribution in [3.05, 3.63) is 75.8 Å². The molecule has 0 heterocycles. The van der Waals surface area contributed by atoms with Gasteiger partial charge in [-0.1, -0.05) is 53.5 Å². The van der Waals surface area contributed by atoms with Crippen LogP contribution in [-0.4, -0.2) is 5.78 Å². The van der Waals surface area contributed by atoms with Gasteiger partial charge in [0.05, 0.1) is 5.38 Å². The van der Waals surface area contributed by atoms with Crippen LogP contribution in [0.1, 0.15) is 22.9 Å². The highest BCUT2D eigenvalue weighted by molar-refractivity contribution is 6.31. The van der Waals surface area contributed by atoms with Crippen molar-refractivity contribution in [2.45, 2.75) is 11.8 Å². The molecule has 0 bridgehead atoms. The monoisotopic (exact) mass is 338 g/mol. The topological polar surface area (TPSA) is 17.1 Å². The molecule has 0 fully saturated rings. The van der Waals surface area contributed by atoms with Crippen molar-refractivity contribution in [3.63, 3.8) is 0 Å². The first-order valence-corrected chi connectivity index (χ1v) is 7.60. The molecular formula is C17H13Cl3O. The van der Waals surface area contributed by atoms with E-state index in [-0.39, 0.29) is 17.6 Å². The van der Waals surface area contributed by atoms with E-state index in [4.69, 9.17) is 34.8 Å². The van der Waals surface area contributed by atoms with Gasteiger partial charge in [0.1, 0.15) is 0 Å². The number of rotatable bonds is 5.